The number of carbonyl (C=O) groups is 3. The number of fused-ring (bicyclic) bond motifs is 1. The van der Waals surface area contributed by atoms with Gasteiger partial charge in [0.15, 0.2) is 11.5 Å². The van der Waals surface area contributed by atoms with E-state index in [1.165, 1.54) is 32.2 Å². The normalized spacial score (nSPS) is 10.5. The van der Waals surface area contributed by atoms with Crippen LogP contribution < -0.4 is 30.7 Å². The first-order valence-corrected chi connectivity index (χ1v) is 13.8. The Hall–Kier alpha value is -6.35. The number of amides is 3. The van der Waals surface area contributed by atoms with Crippen molar-refractivity contribution in [1.29, 1.82) is 5.26 Å². The van der Waals surface area contributed by atoms with Crippen LogP contribution in [0.15, 0.2) is 79.1 Å². The number of hydrogen-bond donors (Lipinski definition) is 4. The number of ether oxygens (including phenoxy) is 2. The number of benzene rings is 3. The van der Waals surface area contributed by atoms with Gasteiger partial charge in [0, 0.05) is 42.0 Å². The second kappa shape index (κ2) is 12.9. The number of para-hydroxylation sites is 2. The lowest BCUT2D eigenvalue weighted by Gasteiger charge is -2.13. The zero-order valence-corrected chi connectivity index (χ0v) is 24.9. The third-order valence-electron chi connectivity index (χ3n) is 6.68. The summed E-state index contributed by atoms with van der Waals surface area (Å²) in [5.41, 5.74) is 4.11. The lowest BCUT2D eigenvalue weighted by molar-refractivity contribution is -0.115. The molecule has 0 atom stereocenters. The molecule has 4 N–H and O–H groups in total. The summed E-state index contributed by atoms with van der Waals surface area (Å²) in [6, 6.07) is 21.3. The second-order valence-electron chi connectivity index (χ2n) is 10.0. The van der Waals surface area contributed by atoms with Crippen molar-refractivity contribution in [2.75, 3.05) is 28.4 Å². The number of aryl methyl sites for hydroxylation is 1. The molecular formula is C33H29N7O5. The molecule has 0 fully saturated rings. The first-order valence-electron chi connectivity index (χ1n) is 13.8. The van der Waals surface area contributed by atoms with Gasteiger partial charge in [0.25, 0.3) is 5.91 Å². The Kier molecular flexibility index (Phi) is 8.62. The van der Waals surface area contributed by atoms with Crippen LogP contribution in [0.2, 0.25) is 0 Å². The van der Waals surface area contributed by atoms with E-state index in [2.05, 4.69) is 32.4 Å². The molecule has 12 heteroatoms. The molecule has 0 aliphatic rings. The highest BCUT2D eigenvalue weighted by Gasteiger charge is 2.19. The van der Waals surface area contributed by atoms with E-state index < -0.39 is 5.91 Å². The topological polar surface area (TPSA) is 159 Å². The van der Waals surface area contributed by atoms with Crippen LogP contribution in [0, 0.1) is 18.3 Å². The van der Waals surface area contributed by atoms with Crippen molar-refractivity contribution in [3.8, 4) is 23.3 Å². The number of anilines is 5. The number of nitrogens with zero attached hydrogens (tertiary/aromatic N) is 3. The van der Waals surface area contributed by atoms with Gasteiger partial charge in [-0.25, -0.2) is 4.52 Å². The molecule has 0 bridgehead atoms. The summed E-state index contributed by atoms with van der Waals surface area (Å²) in [4.78, 5) is 36.7. The highest BCUT2D eigenvalue weighted by atomic mass is 16.5. The number of rotatable bonds is 9. The Morgan fingerprint density at radius 3 is 2.11 bits per heavy atom. The number of aromatic nitrogens is 2. The van der Waals surface area contributed by atoms with Crippen LogP contribution >= 0.6 is 0 Å². The van der Waals surface area contributed by atoms with E-state index in [0.717, 1.165) is 0 Å². The molecule has 2 aromatic heterocycles. The van der Waals surface area contributed by atoms with Crippen LogP contribution in [-0.2, 0) is 9.59 Å². The summed E-state index contributed by atoms with van der Waals surface area (Å²) in [6.45, 7) is 4.50. The maximum absolute atomic E-state index is 13.4. The maximum atomic E-state index is 13.4. The molecule has 45 heavy (non-hydrogen) atoms. The molecule has 0 saturated carbocycles. The third kappa shape index (κ3) is 6.84. The van der Waals surface area contributed by atoms with E-state index in [1.54, 1.807) is 42.9 Å². The molecular weight excluding hydrogens is 574 g/mol. The van der Waals surface area contributed by atoms with Gasteiger partial charge in [-0.1, -0.05) is 12.1 Å². The van der Waals surface area contributed by atoms with Crippen molar-refractivity contribution in [3.63, 3.8) is 0 Å². The SMILES string of the molecule is COc1ccccc1Oc1ccc(Nc2c(C#N)cnn3cc(NC(=O)c4cc(NC(C)=O)cc(NC(C)=O)c4)c(C)c23)cc1. The predicted molar refractivity (Wildman–Crippen MR) is 170 cm³/mol. The Labute approximate surface area is 258 Å². The molecule has 226 valence electrons. The highest BCUT2D eigenvalue weighted by Crippen LogP contribution is 2.35. The van der Waals surface area contributed by atoms with E-state index in [4.69, 9.17) is 9.47 Å². The second-order valence-corrected chi connectivity index (χ2v) is 10.0. The smallest absolute Gasteiger partial charge is 0.255 e. The van der Waals surface area contributed by atoms with Crippen molar-refractivity contribution in [2.24, 2.45) is 0 Å². The third-order valence-corrected chi connectivity index (χ3v) is 6.68. The van der Waals surface area contributed by atoms with Gasteiger partial charge >= 0.3 is 0 Å². The predicted octanol–water partition coefficient (Wildman–Crippen LogP) is 6.23. The summed E-state index contributed by atoms with van der Waals surface area (Å²) < 4.78 is 12.9. The molecule has 0 saturated heterocycles. The van der Waals surface area contributed by atoms with Crippen LogP contribution in [-0.4, -0.2) is 34.4 Å². The summed E-state index contributed by atoms with van der Waals surface area (Å²) in [5, 5.41) is 25.7. The average Bonchev–Trinajstić information content (AvgIpc) is 3.32. The van der Waals surface area contributed by atoms with Gasteiger partial charge in [0.05, 0.1) is 42.0 Å². The van der Waals surface area contributed by atoms with E-state index in [-0.39, 0.29) is 17.4 Å². The average molecular weight is 604 g/mol. The fourth-order valence-corrected chi connectivity index (χ4v) is 4.71. The zero-order valence-electron chi connectivity index (χ0n) is 24.9. The summed E-state index contributed by atoms with van der Waals surface area (Å²) in [5.74, 6) is 0.655. The van der Waals surface area contributed by atoms with E-state index in [9.17, 15) is 19.6 Å². The minimum absolute atomic E-state index is 0.208. The van der Waals surface area contributed by atoms with Gasteiger partial charge in [-0.2, -0.15) is 10.4 Å². The van der Waals surface area contributed by atoms with E-state index >= 15 is 0 Å². The Morgan fingerprint density at radius 1 is 0.867 bits per heavy atom. The minimum atomic E-state index is -0.478. The molecule has 3 aromatic carbocycles. The number of nitrogens with one attached hydrogen (secondary N) is 4. The molecule has 0 aliphatic heterocycles. The molecule has 5 aromatic rings. The molecule has 3 amide bonds. The highest BCUT2D eigenvalue weighted by molar-refractivity contribution is 6.08. The van der Waals surface area contributed by atoms with Gasteiger partial charge in [0.2, 0.25) is 11.8 Å². The number of methoxy groups -OCH3 is 1. The van der Waals surface area contributed by atoms with Crippen molar-refractivity contribution in [2.45, 2.75) is 20.8 Å². The Morgan fingerprint density at radius 2 is 1.51 bits per heavy atom. The largest absolute Gasteiger partial charge is 0.493 e. The van der Waals surface area contributed by atoms with Crippen LogP contribution in [0.5, 0.6) is 17.2 Å². The number of nitriles is 1. The Bertz CT molecular complexity index is 1940. The van der Waals surface area contributed by atoms with Gasteiger partial charge in [-0.05, 0) is 61.5 Å². The van der Waals surface area contributed by atoms with Crippen LogP contribution in [0.1, 0.15) is 35.3 Å². The van der Waals surface area contributed by atoms with Gasteiger partial charge in [-0.15, -0.1) is 0 Å². The number of hydrogen-bond acceptors (Lipinski definition) is 8. The summed E-state index contributed by atoms with van der Waals surface area (Å²) in [7, 11) is 1.58. The van der Waals surface area contributed by atoms with Crippen molar-refractivity contribution in [3.05, 3.63) is 95.8 Å². The lowest BCUT2D eigenvalue weighted by atomic mass is 10.1. The Balaban J connectivity index is 1.43. The number of carbonyl (C=O) groups excluding carboxylic acids is 3. The minimum Gasteiger partial charge on any atom is -0.493 e. The molecule has 0 aliphatic carbocycles. The van der Waals surface area contributed by atoms with Gasteiger partial charge in [-0.3, -0.25) is 14.4 Å². The van der Waals surface area contributed by atoms with Crippen molar-refractivity contribution < 1.29 is 23.9 Å². The summed E-state index contributed by atoms with van der Waals surface area (Å²) in [6.07, 6.45) is 3.08. The van der Waals surface area contributed by atoms with Crippen molar-refractivity contribution in [1.82, 2.24) is 9.61 Å². The van der Waals surface area contributed by atoms with Gasteiger partial charge < -0.3 is 30.7 Å². The first-order chi connectivity index (χ1) is 21.6. The molecule has 0 unspecified atom stereocenters. The zero-order chi connectivity index (χ0) is 32.1. The first kappa shape index (κ1) is 30.1. The maximum Gasteiger partial charge on any atom is 0.255 e. The van der Waals surface area contributed by atoms with Crippen LogP contribution in [0.4, 0.5) is 28.4 Å². The fourth-order valence-electron chi connectivity index (χ4n) is 4.71. The fraction of sp³-hybridized carbons (Fsp3) is 0.121. The standard InChI is InChI=1S/C33H29N7O5/c1-19-28(39-33(43)22-13-25(36-20(2)41)15-26(14-22)37-21(3)42)18-40-32(19)31(23(16-34)17-35-40)38-24-9-11-27(12-10-24)45-30-8-6-5-7-29(30)44-4/h5-15,17-18,38H,1-4H3,(H,36,41)(H,37,42)(H,39,43). The molecule has 12 nitrogen and oxygen atoms in total. The molecule has 0 spiro atoms. The quantitative estimate of drug-likeness (QED) is 0.154. The lowest BCUT2D eigenvalue weighted by Crippen LogP contribution is -2.15. The van der Waals surface area contributed by atoms with E-state index in [1.807, 2.05) is 36.4 Å². The monoisotopic (exact) mass is 603 g/mol. The van der Waals surface area contributed by atoms with Crippen LogP contribution in [0.25, 0.3) is 5.52 Å². The molecule has 2 heterocycles. The van der Waals surface area contributed by atoms with E-state index in [0.29, 0.717) is 62.3 Å². The van der Waals surface area contributed by atoms with Gasteiger partial charge in [0.1, 0.15) is 11.8 Å². The van der Waals surface area contributed by atoms with Crippen LogP contribution in [0.3, 0.4) is 0 Å². The molecule has 5 rings (SSSR count). The molecule has 0 radical (unpaired) electrons. The van der Waals surface area contributed by atoms with Crippen molar-refractivity contribution >= 4 is 51.7 Å². The summed E-state index contributed by atoms with van der Waals surface area (Å²) >= 11 is 0.